The highest BCUT2D eigenvalue weighted by atomic mass is 16.3. The molecule has 0 spiro atoms. The van der Waals surface area contributed by atoms with Crippen LogP contribution < -0.4 is 5.56 Å². The Morgan fingerprint density at radius 2 is 1.90 bits per heavy atom. The summed E-state index contributed by atoms with van der Waals surface area (Å²) in [5, 5.41) is 9.32. The first kappa shape index (κ1) is 15.5. The van der Waals surface area contributed by atoms with Gasteiger partial charge in [-0.15, -0.1) is 0 Å². The quantitative estimate of drug-likeness (QED) is 0.914. The van der Waals surface area contributed by atoms with Crippen LogP contribution in [0.15, 0.2) is 35.1 Å². The van der Waals surface area contributed by atoms with Crippen LogP contribution in [-0.2, 0) is 13.2 Å². The maximum absolute atomic E-state index is 12.5. The first-order valence-electron chi connectivity index (χ1n) is 7.49. The van der Waals surface area contributed by atoms with Crippen LogP contribution in [0.2, 0.25) is 0 Å². The second-order valence-corrected chi connectivity index (χ2v) is 5.53. The van der Waals surface area contributed by atoms with Gasteiger partial charge in [0, 0.05) is 17.7 Å². The second kappa shape index (κ2) is 6.72. The fourth-order valence-corrected chi connectivity index (χ4v) is 2.53. The van der Waals surface area contributed by atoms with Crippen LogP contribution in [0.5, 0.6) is 0 Å². The van der Waals surface area contributed by atoms with Gasteiger partial charge in [0.05, 0.1) is 12.3 Å². The number of hydrogen-bond donors (Lipinski definition) is 1. The fourth-order valence-electron chi connectivity index (χ4n) is 2.53. The largest absolute Gasteiger partial charge is 0.391 e. The van der Waals surface area contributed by atoms with E-state index >= 15 is 0 Å². The third kappa shape index (κ3) is 3.24. The summed E-state index contributed by atoms with van der Waals surface area (Å²) in [6, 6.07) is 9.96. The van der Waals surface area contributed by atoms with E-state index in [-0.39, 0.29) is 12.2 Å². The van der Waals surface area contributed by atoms with Crippen molar-refractivity contribution in [2.45, 2.75) is 46.8 Å². The number of hydrogen-bond acceptors (Lipinski definition) is 2. The summed E-state index contributed by atoms with van der Waals surface area (Å²) in [5.74, 6) is 0. The van der Waals surface area contributed by atoms with E-state index in [1.165, 1.54) is 5.56 Å². The molecule has 0 saturated heterocycles. The Morgan fingerprint density at radius 1 is 1.14 bits per heavy atom. The van der Waals surface area contributed by atoms with Crippen molar-refractivity contribution in [3.63, 3.8) is 0 Å². The molecular weight excluding hydrogens is 262 g/mol. The molecule has 0 saturated carbocycles. The van der Waals surface area contributed by atoms with Crippen molar-refractivity contribution in [2.24, 2.45) is 0 Å². The molecule has 0 atom stereocenters. The van der Waals surface area contributed by atoms with Crippen molar-refractivity contribution in [1.82, 2.24) is 4.57 Å². The summed E-state index contributed by atoms with van der Waals surface area (Å²) in [6.07, 6.45) is 1.98. The van der Waals surface area contributed by atoms with Gasteiger partial charge in [-0.05, 0) is 44.0 Å². The Morgan fingerprint density at radius 3 is 2.57 bits per heavy atom. The zero-order chi connectivity index (χ0) is 15.4. The number of aryl methyl sites for hydroxylation is 2. The summed E-state index contributed by atoms with van der Waals surface area (Å²) >= 11 is 0. The molecule has 3 nitrogen and oxygen atoms in total. The Hall–Kier alpha value is -1.87. The third-order valence-corrected chi connectivity index (χ3v) is 3.83. The summed E-state index contributed by atoms with van der Waals surface area (Å²) < 4.78 is 1.80. The lowest BCUT2D eigenvalue weighted by Crippen LogP contribution is -2.25. The van der Waals surface area contributed by atoms with Gasteiger partial charge < -0.3 is 9.67 Å². The van der Waals surface area contributed by atoms with Crippen LogP contribution in [-0.4, -0.2) is 9.67 Å². The molecule has 0 fully saturated rings. The van der Waals surface area contributed by atoms with Crippen LogP contribution in [0.25, 0.3) is 11.3 Å². The van der Waals surface area contributed by atoms with Crippen LogP contribution in [0.3, 0.4) is 0 Å². The minimum Gasteiger partial charge on any atom is -0.391 e. The lowest BCUT2D eigenvalue weighted by atomic mass is 10.0. The average Bonchev–Trinajstić information content (AvgIpc) is 2.48. The molecule has 2 aromatic rings. The van der Waals surface area contributed by atoms with Crippen LogP contribution in [0.4, 0.5) is 0 Å². The standard InChI is InChI=1S/C18H23NO2/c1-4-5-10-19-17(9-8-15(12-20)18(19)21)16-11-13(2)6-7-14(16)3/h6-9,11,20H,4-5,10,12H2,1-3H3. The van der Waals surface area contributed by atoms with Gasteiger partial charge in [-0.2, -0.15) is 0 Å². The number of unbranched alkanes of at least 4 members (excludes halogenated alkanes) is 1. The Bertz CT molecular complexity index is 686. The lowest BCUT2D eigenvalue weighted by Gasteiger charge is -2.16. The molecule has 0 unspecified atom stereocenters. The first-order valence-corrected chi connectivity index (χ1v) is 7.49. The van der Waals surface area contributed by atoms with E-state index < -0.39 is 0 Å². The molecule has 1 aromatic heterocycles. The summed E-state index contributed by atoms with van der Waals surface area (Å²) in [6.45, 7) is 6.70. The highest BCUT2D eigenvalue weighted by molar-refractivity contribution is 5.65. The van der Waals surface area contributed by atoms with Crippen molar-refractivity contribution < 1.29 is 5.11 Å². The Labute approximate surface area is 125 Å². The molecule has 2 rings (SSSR count). The highest BCUT2D eigenvalue weighted by Gasteiger charge is 2.11. The van der Waals surface area contributed by atoms with Gasteiger partial charge in [0.15, 0.2) is 0 Å². The van der Waals surface area contributed by atoms with Crippen LogP contribution >= 0.6 is 0 Å². The van der Waals surface area contributed by atoms with Gasteiger partial charge in [0.25, 0.3) is 5.56 Å². The average molecular weight is 285 g/mol. The van der Waals surface area contributed by atoms with E-state index in [1.807, 2.05) is 6.07 Å². The molecule has 0 aliphatic carbocycles. The van der Waals surface area contributed by atoms with E-state index in [0.717, 1.165) is 29.7 Å². The van der Waals surface area contributed by atoms with Crippen molar-refractivity contribution in [1.29, 1.82) is 0 Å². The number of benzene rings is 1. The molecule has 112 valence electrons. The minimum atomic E-state index is -0.210. The van der Waals surface area contributed by atoms with Crippen molar-refractivity contribution >= 4 is 0 Å². The number of aliphatic hydroxyl groups is 1. The molecule has 21 heavy (non-hydrogen) atoms. The molecule has 0 amide bonds. The highest BCUT2D eigenvalue weighted by Crippen LogP contribution is 2.24. The van der Waals surface area contributed by atoms with Crippen LogP contribution in [0, 0.1) is 13.8 Å². The van der Waals surface area contributed by atoms with E-state index in [1.54, 1.807) is 10.6 Å². The van der Waals surface area contributed by atoms with Gasteiger partial charge in [-0.1, -0.05) is 31.0 Å². The molecule has 0 bridgehead atoms. The number of nitrogens with zero attached hydrogens (tertiary/aromatic N) is 1. The predicted molar refractivity (Wildman–Crippen MR) is 86.4 cm³/mol. The molecule has 3 heteroatoms. The van der Waals surface area contributed by atoms with Gasteiger partial charge in [0.1, 0.15) is 0 Å². The molecule has 1 aromatic carbocycles. The van der Waals surface area contributed by atoms with Gasteiger partial charge in [-0.3, -0.25) is 4.79 Å². The molecule has 1 heterocycles. The van der Waals surface area contributed by atoms with Gasteiger partial charge >= 0.3 is 0 Å². The molecule has 0 radical (unpaired) electrons. The minimum absolute atomic E-state index is 0.0793. The van der Waals surface area contributed by atoms with E-state index in [4.69, 9.17) is 0 Å². The third-order valence-electron chi connectivity index (χ3n) is 3.83. The maximum Gasteiger partial charge on any atom is 0.256 e. The van der Waals surface area contributed by atoms with E-state index in [9.17, 15) is 9.90 Å². The molecule has 1 N–H and O–H groups in total. The zero-order valence-corrected chi connectivity index (χ0v) is 13.0. The Balaban J connectivity index is 2.64. The zero-order valence-electron chi connectivity index (χ0n) is 13.0. The van der Waals surface area contributed by atoms with Crippen molar-refractivity contribution in [3.8, 4) is 11.3 Å². The van der Waals surface area contributed by atoms with Gasteiger partial charge in [0.2, 0.25) is 0 Å². The van der Waals surface area contributed by atoms with E-state index in [0.29, 0.717) is 12.1 Å². The molecular formula is C18H23NO2. The maximum atomic E-state index is 12.5. The molecule has 0 aliphatic rings. The fraction of sp³-hybridized carbons (Fsp3) is 0.389. The number of rotatable bonds is 5. The van der Waals surface area contributed by atoms with Crippen LogP contribution in [0.1, 0.15) is 36.5 Å². The summed E-state index contributed by atoms with van der Waals surface area (Å²) in [7, 11) is 0. The summed E-state index contributed by atoms with van der Waals surface area (Å²) in [4.78, 5) is 12.5. The smallest absolute Gasteiger partial charge is 0.256 e. The lowest BCUT2D eigenvalue weighted by molar-refractivity contribution is 0.279. The summed E-state index contributed by atoms with van der Waals surface area (Å²) in [5.41, 5.74) is 4.74. The Kier molecular flexibility index (Phi) is 4.97. The monoisotopic (exact) mass is 285 g/mol. The SMILES string of the molecule is CCCCn1c(-c2cc(C)ccc2C)ccc(CO)c1=O. The number of aromatic nitrogens is 1. The number of aliphatic hydroxyl groups excluding tert-OH is 1. The normalized spacial score (nSPS) is 10.9. The van der Waals surface area contributed by atoms with Crippen molar-refractivity contribution in [2.75, 3.05) is 0 Å². The van der Waals surface area contributed by atoms with Gasteiger partial charge in [-0.25, -0.2) is 0 Å². The number of pyridine rings is 1. The second-order valence-electron chi connectivity index (χ2n) is 5.53. The van der Waals surface area contributed by atoms with Crippen molar-refractivity contribution in [3.05, 3.63) is 57.4 Å². The van der Waals surface area contributed by atoms with E-state index in [2.05, 4.69) is 39.0 Å². The molecule has 0 aliphatic heterocycles. The predicted octanol–water partition coefficient (Wildman–Crippen LogP) is 3.42. The first-order chi connectivity index (χ1) is 10.1. The topological polar surface area (TPSA) is 42.2 Å².